The topological polar surface area (TPSA) is 95.9 Å². The number of sulfone groups is 1. The van der Waals surface area contributed by atoms with Gasteiger partial charge in [0.05, 0.1) is 17.5 Å². The Morgan fingerprint density at radius 2 is 2.04 bits per heavy atom. The molecule has 7 nitrogen and oxygen atoms in total. The molecule has 1 fully saturated rings. The number of hydrogen-bond acceptors (Lipinski definition) is 6. The van der Waals surface area contributed by atoms with E-state index in [9.17, 15) is 18.0 Å². The van der Waals surface area contributed by atoms with Gasteiger partial charge in [-0.3, -0.25) is 9.59 Å². The van der Waals surface area contributed by atoms with Gasteiger partial charge < -0.3 is 5.32 Å². The molecule has 27 heavy (non-hydrogen) atoms. The number of nitrogens with zero attached hydrogens (tertiary/aromatic N) is 2. The number of hydrogen-bond donors (Lipinski definition) is 1. The van der Waals surface area contributed by atoms with E-state index in [4.69, 9.17) is 11.6 Å². The molecule has 2 aliphatic heterocycles. The van der Waals surface area contributed by atoms with Crippen LogP contribution in [-0.2, 0) is 19.4 Å². The monoisotopic (exact) mass is 429 g/mol. The van der Waals surface area contributed by atoms with Crippen LogP contribution in [0.25, 0.3) is 0 Å². The van der Waals surface area contributed by atoms with Crippen molar-refractivity contribution in [3.05, 3.63) is 29.3 Å². The lowest BCUT2D eigenvalue weighted by molar-refractivity contribution is -0.133. The second-order valence-corrected chi connectivity index (χ2v) is 10.2. The summed E-state index contributed by atoms with van der Waals surface area (Å²) in [6, 6.07) is 6.99. The van der Waals surface area contributed by atoms with Gasteiger partial charge in [0.2, 0.25) is 5.91 Å². The zero-order valence-electron chi connectivity index (χ0n) is 14.6. The Morgan fingerprint density at radius 1 is 1.30 bits per heavy atom. The van der Waals surface area contributed by atoms with Gasteiger partial charge in [-0.2, -0.15) is 5.10 Å². The van der Waals surface area contributed by atoms with Gasteiger partial charge in [-0.05, 0) is 30.7 Å². The molecule has 0 saturated carbocycles. The Labute approximate surface area is 167 Å². The predicted molar refractivity (Wildman–Crippen MR) is 106 cm³/mol. The van der Waals surface area contributed by atoms with E-state index in [-0.39, 0.29) is 41.9 Å². The lowest BCUT2D eigenvalue weighted by atomic mass is 10.1. The molecule has 1 atom stereocenters. The van der Waals surface area contributed by atoms with Crippen molar-refractivity contribution in [1.29, 1.82) is 0 Å². The van der Waals surface area contributed by atoms with Crippen molar-refractivity contribution in [3.63, 3.8) is 0 Å². The van der Waals surface area contributed by atoms with Gasteiger partial charge in [0.15, 0.2) is 9.84 Å². The Bertz CT molecular complexity index is 855. The van der Waals surface area contributed by atoms with E-state index in [1.165, 1.54) is 5.01 Å². The Hall–Kier alpha value is -1.58. The molecular weight excluding hydrogens is 410 g/mol. The maximum absolute atomic E-state index is 12.3. The number of halogens is 1. The molecule has 0 aromatic heterocycles. The molecule has 0 aliphatic carbocycles. The van der Waals surface area contributed by atoms with Gasteiger partial charge in [0.1, 0.15) is 5.71 Å². The maximum Gasteiger partial charge on any atom is 0.267 e. The summed E-state index contributed by atoms with van der Waals surface area (Å²) in [5.41, 5.74) is 0.274. The lowest BCUT2D eigenvalue weighted by Gasteiger charge is -2.27. The van der Waals surface area contributed by atoms with Crippen LogP contribution in [0.5, 0.6) is 0 Å². The quantitative estimate of drug-likeness (QED) is 0.548. The zero-order chi connectivity index (χ0) is 19.4. The normalized spacial score (nSPS) is 21.8. The highest BCUT2D eigenvalue weighted by molar-refractivity contribution is 7.99. The largest absolute Gasteiger partial charge is 0.350 e. The van der Waals surface area contributed by atoms with Gasteiger partial charge in [-0.25, -0.2) is 13.4 Å². The van der Waals surface area contributed by atoms with Gasteiger partial charge in [-0.1, -0.05) is 11.6 Å². The molecule has 2 heterocycles. The highest BCUT2D eigenvalue weighted by Gasteiger charge is 2.37. The van der Waals surface area contributed by atoms with Gasteiger partial charge in [0, 0.05) is 35.1 Å². The number of thioether (sulfide) groups is 1. The highest BCUT2D eigenvalue weighted by Crippen LogP contribution is 2.22. The van der Waals surface area contributed by atoms with E-state index in [1.54, 1.807) is 11.8 Å². The summed E-state index contributed by atoms with van der Waals surface area (Å²) in [4.78, 5) is 25.5. The predicted octanol–water partition coefficient (Wildman–Crippen LogP) is 1.71. The third kappa shape index (κ3) is 5.46. The van der Waals surface area contributed by atoms with E-state index in [0.717, 1.165) is 4.90 Å². The van der Waals surface area contributed by atoms with Crippen molar-refractivity contribution >= 4 is 50.7 Å². The van der Waals surface area contributed by atoms with E-state index in [1.807, 2.05) is 24.3 Å². The first-order valence-electron chi connectivity index (χ1n) is 8.60. The fourth-order valence-electron chi connectivity index (χ4n) is 2.95. The van der Waals surface area contributed by atoms with Crippen LogP contribution in [0.3, 0.4) is 0 Å². The fraction of sp³-hybridized carbons (Fsp3) is 0.471. The second kappa shape index (κ2) is 8.62. The van der Waals surface area contributed by atoms with E-state index in [2.05, 4.69) is 10.4 Å². The minimum absolute atomic E-state index is 0.0560. The molecule has 1 saturated heterocycles. The zero-order valence-corrected chi connectivity index (χ0v) is 16.9. The fourth-order valence-corrected chi connectivity index (χ4v) is 5.54. The molecular formula is C17H20ClN3O4S2. The summed E-state index contributed by atoms with van der Waals surface area (Å²) < 4.78 is 23.3. The van der Waals surface area contributed by atoms with Crippen LogP contribution in [0.4, 0.5) is 0 Å². The molecule has 0 bridgehead atoms. The summed E-state index contributed by atoms with van der Waals surface area (Å²) in [7, 11) is -3.13. The highest BCUT2D eigenvalue weighted by atomic mass is 35.5. The Kier molecular flexibility index (Phi) is 6.44. The Balaban J connectivity index is 1.52. The minimum Gasteiger partial charge on any atom is -0.350 e. The summed E-state index contributed by atoms with van der Waals surface area (Å²) >= 11 is 7.44. The number of benzene rings is 1. The summed E-state index contributed by atoms with van der Waals surface area (Å²) in [5, 5.41) is 8.84. The van der Waals surface area contributed by atoms with Crippen LogP contribution in [-0.4, -0.2) is 60.8 Å². The SMILES string of the molecule is O=C(NCCSc1ccc(Cl)cc1)C1=NN(C2CCS(=O)(=O)C2)C(=O)CC1. The third-order valence-electron chi connectivity index (χ3n) is 4.35. The van der Waals surface area contributed by atoms with Crippen molar-refractivity contribution in [1.82, 2.24) is 10.3 Å². The first-order chi connectivity index (χ1) is 12.8. The molecule has 2 amide bonds. The standard InChI is InChI=1S/C17H20ClN3O4S2/c18-12-1-3-14(4-2-12)26-9-8-19-17(23)15-5-6-16(22)21(20-15)13-7-10-27(24,25)11-13/h1-4,13H,5-11H2,(H,19,23). The molecule has 0 radical (unpaired) electrons. The first-order valence-corrected chi connectivity index (χ1v) is 11.8. The molecule has 1 aromatic carbocycles. The van der Waals surface area contributed by atoms with E-state index < -0.39 is 15.9 Å². The van der Waals surface area contributed by atoms with Crippen LogP contribution >= 0.6 is 23.4 Å². The van der Waals surface area contributed by atoms with Crippen LogP contribution in [0.2, 0.25) is 5.02 Å². The smallest absolute Gasteiger partial charge is 0.267 e. The molecule has 146 valence electrons. The second-order valence-electron chi connectivity index (χ2n) is 6.40. The van der Waals surface area contributed by atoms with Crippen LogP contribution in [0.1, 0.15) is 19.3 Å². The number of nitrogens with one attached hydrogen (secondary N) is 1. The average Bonchev–Trinajstić information content (AvgIpc) is 3.00. The number of hydrazone groups is 1. The number of amides is 2. The lowest BCUT2D eigenvalue weighted by Crippen LogP contribution is -2.44. The summed E-state index contributed by atoms with van der Waals surface area (Å²) in [6.07, 6.45) is 0.803. The molecule has 10 heteroatoms. The molecule has 3 rings (SSSR count). The molecule has 1 aromatic rings. The van der Waals surface area contributed by atoms with E-state index >= 15 is 0 Å². The van der Waals surface area contributed by atoms with Gasteiger partial charge in [-0.15, -0.1) is 11.8 Å². The van der Waals surface area contributed by atoms with Crippen LogP contribution in [0, 0.1) is 0 Å². The third-order valence-corrected chi connectivity index (χ3v) is 7.36. The van der Waals surface area contributed by atoms with E-state index in [0.29, 0.717) is 23.7 Å². The van der Waals surface area contributed by atoms with Crippen molar-refractivity contribution in [3.8, 4) is 0 Å². The van der Waals surface area contributed by atoms with Crippen molar-refractivity contribution < 1.29 is 18.0 Å². The molecule has 1 N–H and O–H groups in total. The molecule has 1 unspecified atom stereocenters. The first kappa shape index (κ1) is 20.2. The van der Waals surface area contributed by atoms with Crippen molar-refractivity contribution in [2.45, 2.75) is 30.2 Å². The number of carbonyl (C=O) groups is 2. The average molecular weight is 430 g/mol. The van der Waals surface area contributed by atoms with Gasteiger partial charge >= 0.3 is 0 Å². The van der Waals surface area contributed by atoms with Gasteiger partial charge in [0.25, 0.3) is 5.91 Å². The summed E-state index contributed by atoms with van der Waals surface area (Å²) in [6.45, 7) is 0.455. The van der Waals surface area contributed by atoms with Crippen LogP contribution in [0.15, 0.2) is 34.3 Å². The van der Waals surface area contributed by atoms with Crippen molar-refractivity contribution in [2.75, 3.05) is 23.8 Å². The van der Waals surface area contributed by atoms with Crippen molar-refractivity contribution in [2.24, 2.45) is 5.10 Å². The minimum atomic E-state index is -3.13. The number of carbonyl (C=O) groups excluding carboxylic acids is 2. The maximum atomic E-state index is 12.3. The number of rotatable bonds is 6. The molecule has 0 spiro atoms. The molecule has 2 aliphatic rings. The van der Waals surface area contributed by atoms with Crippen LogP contribution < -0.4 is 5.32 Å². The summed E-state index contributed by atoms with van der Waals surface area (Å²) in [5.74, 6) is 0.108. The Morgan fingerprint density at radius 3 is 2.70 bits per heavy atom.